The smallest absolute Gasteiger partial charge is 0.258 e. The summed E-state index contributed by atoms with van der Waals surface area (Å²) in [7, 11) is 1.52. The molecule has 0 atom stereocenters. The van der Waals surface area contributed by atoms with Gasteiger partial charge in [0, 0.05) is 44.6 Å². The van der Waals surface area contributed by atoms with E-state index < -0.39 is 0 Å². The molecule has 3 rings (SSSR count). The molecule has 138 valence electrons. The van der Waals surface area contributed by atoms with Gasteiger partial charge >= 0.3 is 0 Å². The number of methoxy groups -OCH3 is 1. The van der Waals surface area contributed by atoms with Gasteiger partial charge in [-0.15, -0.1) is 0 Å². The van der Waals surface area contributed by atoms with Crippen LogP contribution in [-0.4, -0.2) is 55.7 Å². The fraction of sp³-hybridized carbons (Fsp3) is 0.421. The highest BCUT2D eigenvalue weighted by atomic mass is 16.5. The Morgan fingerprint density at radius 2 is 1.88 bits per heavy atom. The fourth-order valence-corrected chi connectivity index (χ4v) is 3.14. The first-order chi connectivity index (χ1) is 12.6. The summed E-state index contributed by atoms with van der Waals surface area (Å²) >= 11 is 0. The topological polar surface area (TPSA) is 70.6 Å². The lowest BCUT2D eigenvalue weighted by Gasteiger charge is -2.36. The third kappa shape index (κ3) is 3.71. The van der Waals surface area contributed by atoms with Crippen LogP contribution in [0.1, 0.15) is 22.8 Å². The molecule has 1 N–H and O–H groups in total. The molecule has 0 saturated carbocycles. The van der Waals surface area contributed by atoms with E-state index in [1.807, 2.05) is 6.92 Å². The van der Waals surface area contributed by atoms with Crippen LogP contribution in [0.25, 0.3) is 0 Å². The summed E-state index contributed by atoms with van der Waals surface area (Å²) in [5.41, 5.74) is 2.92. The first-order valence-electron chi connectivity index (χ1n) is 8.88. The molecule has 2 heterocycles. The van der Waals surface area contributed by atoms with E-state index in [9.17, 15) is 4.79 Å². The Balaban J connectivity index is 1.71. The average molecular weight is 355 g/mol. The predicted octanol–water partition coefficient (Wildman–Crippen LogP) is 1.87. The normalized spacial score (nSPS) is 14.3. The molecular formula is C19H25N5O2. The van der Waals surface area contributed by atoms with E-state index in [0.717, 1.165) is 26.2 Å². The molecule has 0 bridgehead atoms. The second kappa shape index (κ2) is 8.03. The number of carbonyl (C=O) groups is 1. The monoisotopic (exact) mass is 355 g/mol. The summed E-state index contributed by atoms with van der Waals surface area (Å²) in [5.74, 6) is 0.682. The van der Waals surface area contributed by atoms with E-state index in [1.165, 1.54) is 18.4 Å². The average Bonchev–Trinajstić information content (AvgIpc) is 2.68. The molecular weight excluding hydrogens is 330 g/mol. The van der Waals surface area contributed by atoms with Crippen molar-refractivity contribution in [2.24, 2.45) is 0 Å². The van der Waals surface area contributed by atoms with Gasteiger partial charge in [-0.25, -0.2) is 4.98 Å². The molecule has 1 saturated heterocycles. The standard InChI is InChI=1S/C19H25N5O2/c1-4-20-17(25)15-13-21-19(22-18(15)26-3)24-11-9-23(10-12-24)16-8-6-5-7-14(16)2/h5-8,13H,4,9-12H2,1-3H3,(H,20,25). The van der Waals surface area contributed by atoms with E-state index in [4.69, 9.17) is 4.74 Å². The quantitative estimate of drug-likeness (QED) is 0.883. The lowest BCUT2D eigenvalue weighted by atomic mass is 10.1. The second-order valence-electron chi connectivity index (χ2n) is 6.21. The molecule has 1 aromatic carbocycles. The third-order valence-corrected chi connectivity index (χ3v) is 4.54. The lowest BCUT2D eigenvalue weighted by Crippen LogP contribution is -2.47. The predicted molar refractivity (Wildman–Crippen MR) is 102 cm³/mol. The Kier molecular flexibility index (Phi) is 5.55. The van der Waals surface area contributed by atoms with Gasteiger partial charge in [0.25, 0.3) is 5.91 Å². The van der Waals surface area contributed by atoms with Crippen LogP contribution in [0.2, 0.25) is 0 Å². The molecule has 0 aliphatic carbocycles. The van der Waals surface area contributed by atoms with Crippen LogP contribution >= 0.6 is 0 Å². The first-order valence-corrected chi connectivity index (χ1v) is 8.88. The number of nitrogens with one attached hydrogen (secondary N) is 1. The maximum absolute atomic E-state index is 12.1. The number of para-hydroxylation sites is 1. The summed E-state index contributed by atoms with van der Waals surface area (Å²) in [4.78, 5) is 25.4. The number of hydrogen-bond donors (Lipinski definition) is 1. The van der Waals surface area contributed by atoms with Crippen LogP contribution in [0.4, 0.5) is 11.6 Å². The molecule has 1 aliphatic heterocycles. The largest absolute Gasteiger partial charge is 0.480 e. The van der Waals surface area contributed by atoms with Crippen molar-refractivity contribution in [2.75, 3.05) is 49.6 Å². The van der Waals surface area contributed by atoms with Gasteiger partial charge in [0.05, 0.1) is 7.11 Å². The maximum atomic E-state index is 12.1. The van der Waals surface area contributed by atoms with Gasteiger partial charge in [-0.1, -0.05) is 18.2 Å². The lowest BCUT2D eigenvalue weighted by molar-refractivity contribution is 0.0951. The maximum Gasteiger partial charge on any atom is 0.258 e. The number of ether oxygens (including phenoxy) is 1. The zero-order chi connectivity index (χ0) is 18.5. The Bertz CT molecular complexity index is 772. The van der Waals surface area contributed by atoms with Crippen LogP contribution in [0.5, 0.6) is 5.88 Å². The van der Waals surface area contributed by atoms with Crippen LogP contribution in [0.15, 0.2) is 30.5 Å². The second-order valence-corrected chi connectivity index (χ2v) is 6.21. The molecule has 1 aromatic heterocycles. The van der Waals surface area contributed by atoms with Crippen LogP contribution < -0.4 is 19.9 Å². The van der Waals surface area contributed by atoms with E-state index in [2.05, 4.69) is 56.3 Å². The molecule has 1 aliphatic rings. The summed E-state index contributed by atoms with van der Waals surface area (Å²) in [6.45, 7) is 7.98. The van der Waals surface area contributed by atoms with Crippen molar-refractivity contribution in [1.29, 1.82) is 0 Å². The molecule has 0 radical (unpaired) electrons. The zero-order valence-corrected chi connectivity index (χ0v) is 15.5. The van der Waals surface area contributed by atoms with Gasteiger partial charge in [-0.05, 0) is 25.5 Å². The molecule has 0 spiro atoms. The van der Waals surface area contributed by atoms with Crippen molar-refractivity contribution in [3.05, 3.63) is 41.6 Å². The number of rotatable bonds is 5. The molecule has 7 nitrogen and oxygen atoms in total. The Hall–Kier alpha value is -2.83. The highest BCUT2D eigenvalue weighted by Crippen LogP contribution is 2.23. The van der Waals surface area contributed by atoms with Crippen molar-refractivity contribution in [2.45, 2.75) is 13.8 Å². The van der Waals surface area contributed by atoms with E-state index in [-0.39, 0.29) is 5.91 Å². The van der Waals surface area contributed by atoms with Crippen molar-refractivity contribution in [1.82, 2.24) is 15.3 Å². The summed E-state index contributed by atoms with van der Waals surface area (Å²) in [6.07, 6.45) is 1.54. The number of benzene rings is 1. The molecule has 7 heteroatoms. The number of aryl methyl sites for hydroxylation is 1. The number of carbonyl (C=O) groups excluding carboxylic acids is 1. The Labute approximate surface area is 154 Å². The molecule has 1 amide bonds. The SMILES string of the molecule is CCNC(=O)c1cnc(N2CCN(c3ccccc3C)CC2)nc1OC. The number of aromatic nitrogens is 2. The number of anilines is 2. The van der Waals surface area contributed by atoms with Crippen LogP contribution in [0, 0.1) is 6.92 Å². The first kappa shape index (κ1) is 18.0. The molecule has 26 heavy (non-hydrogen) atoms. The fourth-order valence-electron chi connectivity index (χ4n) is 3.14. The Morgan fingerprint density at radius 1 is 1.19 bits per heavy atom. The number of amides is 1. The van der Waals surface area contributed by atoms with Crippen molar-refractivity contribution < 1.29 is 9.53 Å². The third-order valence-electron chi connectivity index (χ3n) is 4.54. The van der Waals surface area contributed by atoms with Crippen LogP contribution in [0.3, 0.4) is 0 Å². The highest BCUT2D eigenvalue weighted by molar-refractivity contribution is 5.96. The number of piperazine rings is 1. The van der Waals surface area contributed by atoms with Gasteiger partial charge < -0.3 is 19.9 Å². The van der Waals surface area contributed by atoms with E-state index in [0.29, 0.717) is 23.9 Å². The highest BCUT2D eigenvalue weighted by Gasteiger charge is 2.22. The van der Waals surface area contributed by atoms with E-state index in [1.54, 1.807) is 6.20 Å². The van der Waals surface area contributed by atoms with Crippen molar-refractivity contribution >= 4 is 17.5 Å². The summed E-state index contributed by atoms with van der Waals surface area (Å²) in [5, 5.41) is 2.75. The summed E-state index contributed by atoms with van der Waals surface area (Å²) < 4.78 is 5.30. The van der Waals surface area contributed by atoms with Crippen LogP contribution in [-0.2, 0) is 0 Å². The van der Waals surface area contributed by atoms with Crippen molar-refractivity contribution in [3.8, 4) is 5.88 Å². The Morgan fingerprint density at radius 3 is 2.54 bits per heavy atom. The minimum atomic E-state index is -0.222. The van der Waals surface area contributed by atoms with E-state index >= 15 is 0 Å². The van der Waals surface area contributed by atoms with Gasteiger partial charge in [-0.2, -0.15) is 4.98 Å². The van der Waals surface area contributed by atoms with Gasteiger partial charge in [-0.3, -0.25) is 4.79 Å². The number of nitrogens with zero attached hydrogens (tertiary/aromatic N) is 4. The van der Waals surface area contributed by atoms with Gasteiger partial charge in [0.2, 0.25) is 11.8 Å². The minimum Gasteiger partial charge on any atom is -0.480 e. The van der Waals surface area contributed by atoms with Gasteiger partial charge in [0.1, 0.15) is 5.56 Å². The van der Waals surface area contributed by atoms with Gasteiger partial charge in [0.15, 0.2) is 0 Å². The van der Waals surface area contributed by atoms with Crippen molar-refractivity contribution in [3.63, 3.8) is 0 Å². The zero-order valence-electron chi connectivity index (χ0n) is 15.5. The molecule has 2 aromatic rings. The number of hydrogen-bond acceptors (Lipinski definition) is 6. The molecule has 1 fully saturated rings. The minimum absolute atomic E-state index is 0.222. The summed E-state index contributed by atoms with van der Waals surface area (Å²) in [6, 6.07) is 8.43. The molecule has 0 unspecified atom stereocenters.